The molecule has 0 aliphatic heterocycles. The number of benzene rings is 1. The Labute approximate surface area is 112 Å². The molecule has 1 aromatic heterocycles. The molecule has 0 saturated heterocycles. The highest BCUT2D eigenvalue weighted by Crippen LogP contribution is 2.37. The van der Waals surface area contributed by atoms with Gasteiger partial charge in [0, 0.05) is 17.5 Å². The van der Waals surface area contributed by atoms with E-state index in [0.29, 0.717) is 12.5 Å². The largest absolute Gasteiger partial charge is 0.365 e. The van der Waals surface area contributed by atoms with Crippen LogP contribution >= 0.6 is 11.3 Å². The monoisotopic (exact) mass is 261 g/mol. The van der Waals surface area contributed by atoms with Crippen molar-refractivity contribution in [1.82, 2.24) is 4.98 Å². The van der Waals surface area contributed by atoms with E-state index in [-0.39, 0.29) is 0 Å². The highest BCUT2D eigenvalue weighted by atomic mass is 32.1. The lowest BCUT2D eigenvalue weighted by Gasteiger charge is -2.09. The molecule has 1 unspecified atom stereocenters. The van der Waals surface area contributed by atoms with E-state index in [4.69, 9.17) is 5.73 Å². The average Bonchev–Trinajstić information content (AvgIpc) is 2.84. The number of nitrogens with two attached hydrogens (primary N) is 1. The van der Waals surface area contributed by atoms with E-state index in [2.05, 4.69) is 29.4 Å². The Balaban J connectivity index is 2.42. The minimum Gasteiger partial charge on any atom is -0.365 e. The zero-order chi connectivity index (χ0) is 13.0. The molecule has 0 spiro atoms. The van der Waals surface area contributed by atoms with Crippen LogP contribution in [0.4, 0.5) is 5.13 Å². The van der Waals surface area contributed by atoms with Crippen molar-refractivity contribution in [3.63, 3.8) is 0 Å². The highest BCUT2D eigenvalue weighted by molar-refractivity contribution is 7.16. The van der Waals surface area contributed by atoms with Crippen LogP contribution in [0, 0.1) is 0 Å². The molecule has 0 radical (unpaired) electrons. The average molecular weight is 261 g/mol. The first kappa shape index (κ1) is 13.1. The maximum Gasteiger partial charge on any atom is 0.183 e. The lowest BCUT2D eigenvalue weighted by Crippen LogP contribution is -2.04. The van der Waals surface area contributed by atoms with Crippen LogP contribution in [0.1, 0.15) is 24.1 Å². The first-order valence-electron chi connectivity index (χ1n) is 6.20. The second-order valence-corrected chi connectivity index (χ2v) is 5.36. The number of nitrogens with zero attached hydrogens (tertiary/aromatic N) is 1. The fraction of sp³-hybridized carbons (Fsp3) is 0.357. The SMILES string of the molecule is CNc1nc(-c2ccccc2)c(C(C)CCN)s1. The van der Waals surface area contributed by atoms with E-state index in [0.717, 1.165) is 17.2 Å². The smallest absolute Gasteiger partial charge is 0.183 e. The lowest BCUT2D eigenvalue weighted by molar-refractivity contribution is 0.701. The quantitative estimate of drug-likeness (QED) is 0.868. The topological polar surface area (TPSA) is 50.9 Å². The van der Waals surface area contributed by atoms with Gasteiger partial charge in [0.1, 0.15) is 0 Å². The highest BCUT2D eigenvalue weighted by Gasteiger charge is 2.17. The molecule has 96 valence electrons. The first-order valence-corrected chi connectivity index (χ1v) is 7.02. The Morgan fingerprint density at radius 3 is 2.67 bits per heavy atom. The molecule has 1 heterocycles. The van der Waals surface area contributed by atoms with Gasteiger partial charge in [0.2, 0.25) is 0 Å². The maximum absolute atomic E-state index is 5.66. The summed E-state index contributed by atoms with van der Waals surface area (Å²) in [7, 11) is 1.91. The van der Waals surface area contributed by atoms with Crippen LogP contribution in [-0.4, -0.2) is 18.6 Å². The summed E-state index contributed by atoms with van der Waals surface area (Å²) >= 11 is 1.72. The van der Waals surface area contributed by atoms with Crippen LogP contribution in [0.25, 0.3) is 11.3 Å². The Morgan fingerprint density at radius 1 is 1.33 bits per heavy atom. The minimum atomic E-state index is 0.449. The molecule has 18 heavy (non-hydrogen) atoms. The molecular formula is C14H19N3S. The number of rotatable bonds is 5. The van der Waals surface area contributed by atoms with Crippen molar-refractivity contribution in [3.8, 4) is 11.3 Å². The summed E-state index contributed by atoms with van der Waals surface area (Å²) in [6.07, 6.45) is 0.991. The molecular weight excluding hydrogens is 242 g/mol. The second kappa shape index (κ2) is 5.98. The van der Waals surface area contributed by atoms with E-state index in [1.807, 2.05) is 25.2 Å². The summed E-state index contributed by atoms with van der Waals surface area (Å²) in [6.45, 7) is 2.93. The number of nitrogens with one attached hydrogen (secondary N) is 1. The van der Waals surface area contributed by atoms with E-state index in [1.165, 1.54) is 10.4 Å². The zero-order valence-electron chi connectivity index (χ0n) is 10.8. The molecule has 0 aliphatic rings. The van der Waals surface area contributed by atoms with Crippen molar-refractivity contribution in [2.24, 2.45) is 5.73 Å². The molecule has 2 rings (SSSR count). The van der Waals surface area contributed by atoms with Crippen LogP contribution in [0.2, 0.25) is 0 Å². The van der Waals surface area contributed by atoms with Crippen molar-refractivity contribution in [2.75, 3.05) is 18.9 Å². The molecule has 0 fully saturated rings. The van der Waals surface area contributed by atoms with Gasteiger partial charge in [0.25, 0.3) is 0 Å². The molecule has 0 amide bonds. The molecule has 0 saturated carbocycles. The number of hydrogen-bond acceptors (Lipinski definition) is 4. The summed E-state index contributed by atoms with van der Waals surface area (Å²) in [6, 6.07) is 10.3. The lowest BCUT2D eigenvalue weighted by atomic mass is 10.0. The van der Waals surface area contributed by atoms with Crippen LogP contribution in [0.15, 0.2) is 30.3 Å². The predicted octanol–water partition coefficient (Wildman–Crippen LogP) is 3.30. The van der Waals surface area contributed by atoms with Gasteiger partial charge in [-0.3, -0.25) is 0 Å². The molecule has 4 heteroatoms. The van der Waals surface area contributed by atoms with Crippen LogP contribution in [0.5, 0.6) is 0 Å². The van der Waals surface area contributed by atoms with Crippen molar-refractivity contribution in [2.45, 2.75) is 19.3 Å². The van der Waals surface area contributed by atoms with Gasteiger partial charge in [0.15, 0.2) is 5.13 Å². The van der Waals surface area contributed by atoms with Crippen molar-refractivity contribution >= 4 is 16.5 Å². The standard InChI is InChI=1S/C14H19N3S/c1-10(8-9-15)13-12(17-14(16-2)18-13)11-6-4-3-5-7-11/h3-7,10H,8-9,15H2,1-2H3,(H,16,17). The van der Waals surface area contributed by atoms with Crippen molar-refractivity contribution in [1.29, 1.82) is 0 Å². The third kappa shape index (κ3) is 2.71. The van der Waals surface area contributed by atoms with Gasteiger partial charge in [-0.25, -0.2) is 4.98 Å². The number of aromatic nitrogens is 1. The van der Waals surface area contributed by atoms with Crippen LogP contribution in [0.3, 0.4) is 0 Å². The van der Waals surface area contributed by atoms with Gasteiger partial charge in [-0.1, -0.05) is 37.3 Å². The molecule has 3 nitrogen and oxygen atoms in total. The summed E-state index contributed by atoms with van der Waals surface area (Å²) < 4.78 is 0. The molecule has 2 aromatic rings. The van der Waals surface area contributed by atoms with Crippen LogP contribution < -0.4 is 11.1 Å². The van der Waals surface area contributed by atoms with E-state index in [1.54, 1.807) is 11.3 Å². The molecule has 1 atom stereocenters. The van der Waals surface area contributed by atoms with Gasteiger partial charge >= 0.3 is 0 Å². The van der Waals surface area contributed by atoms with Gasteiger partial charge in [-0.05, 0) is 18.9 Å². The van der Waals surface area contributed by atoms with Crippen molar-refractivity contribution < 1.29 is 0 Å². The third-order valence-corrected chi connectivity index (χ3v) is 4.27. The maximum atomic E-state index is 5.66. The van der Waals surface area contributed by atoms with Gasteiger partial charge < -0.3 is 11.1 Å². The Kier molecular flexibility index (Phi) is 4.33. The number of anilines is 1. The molecule has 0 aliphatic carbocycles. The third-order valence-electron chi connectivity index (χ3n) is 2.96. The zero-order valence-corrected chi connectivity index (χ0v) is 11.6. The second-order valence-electron chi connectivity index (χ2n) is 4.33. The van der Waals surface area contributed by atoms with Crippen LogP contribution in [-0.2, 0) is 0 Å². The fourth-order valence-corrected chi connectivity index (χ4v) is 2.98. The summed E-state index contributed by atoms with van der Waals surface area (Å²) in [4.78, 5) is 5.98. The molecule has 1 aromatic carbocycles. The number of hydrogen-bond donors (Lipinski definition) is 2. The normalized spacial score (nSPS) is 12.4. The summed E-state index contributed by atoms with van der Waals surface area (Å²) in [5, 5.41) is 4.10. The Hall–Kier alpha value is -1.39. The molecule has 0 bridgehead atoms. The van der Waals surface area contributed by atoms with Gasteiger partial charge in [-0.2, -0.15) is 0 Å². The fourth-order valence-electron chi connectivity index (χ4n) is 1.96. The van der Waals surface area contributed by atoms with E-state index >= 15 is 0 Å². The summed E-state index contributed by atoms with van der Waals surface area (Å²) in [5.41, 5.74) is 7.93. The first-order chi connectivity index (χ1) is 8.76. The van der Waals surface area contributed by atoms with E-state index in [9.17, 15) is 0 Å². The minimum absolute atomic E-state index is 0.449. The van der Waals surface area contributed by atoms with Gasteiger partial charge in [0.05, 0.1) is 5.69 Å². The van der Waals surface area contributed by atoms with Crippen molar-refractivity contribution in [3.05, 3.63) is 35.2 Å². The Bertz CT molecular complexity index is 493. The molecule has 3 N–H and O–H groups in total. The summed E-state index contributed by atoms with van der Waals surface area (Å²) in [5.74, 6) is 0.449. The Morgan fingerprint density at radius 2 is 2.06 bits per heavy atom. The van der Waals surface area contributed by atoms with E-state index < -0.39 is 0 Å². The predicted molar refractivity (Wildman–Crippen MR) is 79.2 cm³/mol. The van der Waals surface area contributed by atoms with Gasteiger partial charge in [-0.15, -0.1) is 11.3 Å². The number of thiazole rings is 1.